The van der Waals surface area contributed by atoms with E-state index < -0.39 is 21.6 Å². The van der Waals surface area contributed by atoms with E-state index in [-0.39, 0.29) is 17.6 Å². The van der Waals surface area contributed by atoms with Gasteiger partial charge in [-0.05, 0) is 21.8 Å². The van der Waals surface area contributed by atoms with Crippen molar-refractivity contribution in [2.75, 3.05) is 12.8 Å². The lowest BCUT2D eigenvalue weighted by Gasteiger charge is -2.43. The van der Waals surface area contributed by atoms with E-state index in [1.54, 1.807) is 0 Å². The van der Waals surface area contributed by atoms with Gasteiger partial charge in [0.1, 0.15) is 13.2 Å². The number of hydrogen-bond acceptors (Lipinski definition) is 4. The number of esters is 1. The zero-order valence-electron chi connectivity index (χ0n) is 23.8. The van der Waals surface area contributed by atoms with E-state index in [0.717, 1.165) is 21.0 Å². The summed E-state index contributed by atoms with van der Waals surface area (Å²) in [6.07, 6.45) is 0.238. The minimum Gasteiger partial charge on any atom is -0.460 e. The first-order valence-electron chi connectivity index (χ1n) is 13.8. The molecule has 0 unspecified atom stereocenters. The van der Waals surface area contributed by atoms with Crippen LogP contribution < -0.4 is 21.0 Å². The molecule has 4 rings (SSSR count). The van der Waals surface area contributed by atoms with E-state index in [0.29, 0.717) is 12.6 Å². The molecule has 0 amide bonds. The molecule has 0 N–H and O–H groups in total. The maximum atomic E-state index is 14.6. The van der Waals surface area contributed by atoms with Gasteiger partial charge in [-0.1, -0.05) is 142 Å². The Bertz CT molecular complexity index is 1320. The summed E-state index contributed by atoms with van der Waals surface area (Å²) in [7, 11) is -5.80. The van der Waals surface area contributed by atoms with Gasteiger partial charge in [0.25, 0.3) is 8.32 Å². The average Bonchev–Trinajstić information content (AvgIpc) is 2.97. The fourth-order valence-electron chi connectivity index (χ4n) is 5.46. The topological polar surface area (TPSA) is 52.6 Å². The van der Waals surface area contributed by atoms with Crippen LogP contribution in [-0.2, 0) is 18.5 Å². The van der Waals surface area contributed by atoms with Gasteiger partial charge >= 0.3 is 5.97 Å². The number of carbonyl (C=O) groups is 1. The van der Waals surface area contributed by atoms with Crippen LogP contribution in [0, 0.1) is 0 Å². The Balaban J connectivity index is 1.68. The van der Waals surface area contributed by atoms with Crippen molar-refractivity contribution in [2.24, 2.45) is 0 Å². The lowest BCUT2D eigenvalue weighted by Crippen LogP contribution is -2.67. The molecule has 4 aromatic carbocycles. The Kier molecular flexibility index (Phi) is 9.63. The van der Waals surface area contributed by atoms with E-state index in [1.807, 2.05) is 72.8 Å². The summed E-state index contributed by atoms with van der Waals surface area (Å²) >= 11 is 0. The van der Waals surface area contributed by atoms with Crippen molar-refractivity contribution in [3.63, 3.8) is 0 Å². The summed E-state index contributed by atoms with van der Waals surface area (Å²) in [5, 5.41) is 3.72. The van der Waals surface area contributed by atoms with Crippen molar-refractivity contribution in [3.05, 3.63) is 121 Å². The van der Waals surface area contributed by atoms with Crippen LogP contribution in [0.15, 0.2) is 121 Å². The molecule has 40 heavy (non-hydrogen) atoms. The minimum atomic E-state index is -2.97. The van der Waals surface area contributed by atoms with Crippen LogP contribution in [0.2, 0.25) is 5.04 Å². The third-order valence-electron chi connectivity index (χ3n) is 7.35. The first-order chi connectivity index (χ1) is 19.2. The average molecular weight is 571 g/mol. The summed E-state index contributed by atoms with van der Waals surface area (Å²) in [4.78, 5) is 12.2. The van der Waals surface area contributed by atoms with Crippen LogP contribution in [0.1, 0.15) is 34.1 Å². The summed E-state index contributed by atoms with van der Waals surface area (Å²) in [5.74, 6) is -0.370. The second-order valence-electron chi connectivity index (χ2n) is 11.1. The summed E-state index contributed by atoms with van der Waals surface area (Å²) in [6.45, 7) is 8.30. The first kappa shape index (κ1) is 29.7. The predicted octanol–water partition coefficient (Wildman–Crippen LogP) is 5.90. The molecule has 0 radical (unpaired) electrons. The van der Waals surface area contributed by atoms with E-state index >= 15 is 0 Å². The van der Waals surface area contributed by atoms with Gasteiger partial charge in [-0.15, -0.1) is 0 Å². The standard InChI is InChI=1S/C34H39O4PSi/c1-28(35)38-29(25-26-39(36,30-17-9-5-10-18-30)31-19-11-6-12-20-31)27-37-40(34(2,3)4,32-21-13-7-14-22-32)33-23-15-8-16-24-33/h5-24,29H,25-27H2,1-4H3/t29-/m1/s1. The monoisotopic (exact) mass is 570 g/mol. The summed E-state index contributed by atoms with van der Waals surface area (Å²) in [6, 6.07) is 40.0. The predicted molar refractivity (Wildman–Crippen MR) is 168 cm³/mol. The molecule has 0 aromatic heterocycles. The molecule has 0 aliphatic rings. The number of hydrogen-bond donors (Lipinski definition) is 0. The van der Waals surface area contributed by atoms with Crippen LogP contribution in [0.5, 0.6) is 0 Å². The third-order valence-corrected chi connectivity index (χ3v) is 15.5. The van der Waals surface area contributed by atoms with E-state index in [9.17, 15) is 9.36 Å². The van der Waals surface area contributed by atoms with Crippen LogP contribution in [0.4, 0.5) is 0 Å². The molecule has 0 saturated heterocycles. The molecule has 1 atom stereocenters. The van der Waals surface area contributed by atoms with Crippen molar-refractivity contribution in [1.29, 1.82) is 0 Å². The summed E-state index contributed by atoms with van der Waals surface area (Å²) < 4.78 is 27.5. The van der Waals surface area contributed by atoms with Gasteiger partial charge in [0, 0.05) is 23.7 Å². The zero-order valence-corrected chi connectivity index (χ0v) is 25.7. The van der Waals surface area contributed by atoms with Gasteiger partial charge in [0.05, 0.1) is 6.61 Å². The van der Waals surface area contributed by atoms with Crippen molar-refractivity contribution >= 4 is 42.4 Å². The Morgan fingerprint density at radius 2 is 1.12 bits per heavy atom. The molecule has 0 spiro atoms. The van der Waals surface area contributed by atoms with Crippen molar-refractivity contribution < 1.29 is 18.5 Å². The van der Waals surface area contributed by atoms with Crippen LogP contribution in [-0.4, -0.2) is 33.2 Å². The van der Waals surface area contributed by atoms with Gasteiger partial charge < -0.3 is 13.7 Å². The number of benzene rings is 4. The fraction of sp³-hybridized carbons (Fsp3) is 0.265. The molecule has 4 aromatic rings. The second-order valence-corrected chi connectivity index (χ2v) is 18.4. The third kappa shape index (κ3) is 6.55. The largest absolute Gasteiger partial charge is 0.460 e. The fourth-order valence-corrected chi connectivity index (χ4v) is 12.8. The van der Waals surface area contributed by atoms with Gasteiger partial charge in [-0.3, -0.25) is 4.79 Å². The molecule has 0 aliphatic heterocycles. The Hall–Kier alpha value is -3.24. The zero-order chi connectivity index (χ0) is 28.6. The van der Waals surface area contributed by atoms with Gasteiger partial charge in [0.15, 0.2) is 0 Å². The molecule has 0 fully saturated rings. The van der Waals surface area contributed by atoms with E-state index in [2.05, 4.69) is 69.3 Å². The highest BCUT2D eigenvalue weighted by atomic mass is 31.2. The lowest BCUT2D eigenvalue weighted by molar-refractivity contribution is -0.148. The van der Waals surface area contributed by atoms with Crippen LogP contribution in [0.3, 0.4) is 0 Å². The Labute approximate surface area is 239 Å². The molecule has 0 saturated carbocycles. The normalized spacial score (nSPS) is 13.0. The van der Waals surface area contributed by atoms with E-state index in [4.69, 9.17) is 9.16 Å². The molecule has 208 valence electrons. The molecule has 0 heterocycles. The van der Waals surface area contributed by atoms with Crippen molar-refractivity contribution in [1.82, 2.24) is 0 Å². The highest BCUT2D eigenvalue weighted by Crippen LogP contribution is 2.44. The van der Waals surface area contributed by atoms with Gasteiger partial charge in [-0.2, -0.15) is 0 Å². The summed E-state index contributed by atoms with van der Waals surface area (Å²) in [5.41, 5.74) is 0. The van der Waals surface area contributed by atoms with Crippen LogP contribution >= 0.6 is 7.14 Å². The van der Waals surface area contributed by atoms with Crippen molar-refractivity contribution in [2.45, 2.75) is 45.3 Å². The molecule has 0 bridgehead atoms. The minimum absolute atomic E-state index is 0.208. The maximum Gasteiger partial charge on any atom is 0.302 e. The SMILES string of the molecule is CC(=O)O[C@H](CCP(=O)(c1ccccc1)c1ccccc1)CO[Si](c1ccccc1)(c1ccccc1)C(C)(C)C. The quantitative estimate of drug-likeness (QED) is 0.128. The molecule has 4 nitrogen and oxygen atoms in total. The van der Waals surface area contributed by atoms with Crippen LogP contribution in [0.25, 0.3) is 0 Å². The van der Waals surface area contributed by atoms with Gasteiger partial charge in [-0.25, -0.2) is 0 Å². The number of carbonyl (C=O) groups excluding carboxylic acids is 1. The maximum absolute atomic E-state index is 14.6. The van der Waals surface area contributed by atoms with E-state index in [1.165, 1.54) is 6.92 Å². The Morgan fingerprint density at radius 1 is 0.725 bits per heavy atom. The van der Waals surface area contributed by atoms with Crippen molar-refractivity contribution in [3.8, 4) is 0 Å². The van der Waals surface area contributed by atoms with Gasteiger partial charge in [0.2, 0.25) is 0 Å². The molecular weight excluding hydrogens is 531 g/mol. The smallest absolute Gasteiger partial charge is 0.302 e. The number of ether oxygens (including phenoxy) is 1. The highest BCUT2D eigenvalue weighted by Gasteiger charge is 2.50. The Morgan fingerprint density at radius 3 is 1.50 bits per heavy atom. The molecule has 0 aliphatic carbocycles. The lowest BCUT2D eigenvalue weighted by atomic mass is 10.2. The first-order valence-corrected chi connectivity index (χ1v) is 17.6. The second kappa shape index (κ2) is 12.9. The molecule has 6 heteroatoms. The number of rotatable bonds is 11. The highest BCUT2D eigenvalue weighted by molar-refractivity contribution is 7.78. The molecular formula is C34H39O4PSi.